The van der Waals surface area contributed by atoms with Gasteiger partial charge in [-0.1, -0.05) is 13.8 Å². The van der Waals surface area contributed by atoms with Crippen LogP contribution in [0.15, 0.2) is 46.1 Å². The number of nitrogens with one attached hydrogen (secondary N) is 1. The molecule has 7 heterocycles. The Morgan fingerprint density at radius 1 is 1.11 bits per heavy atom. The first kappa shape index (κ1) is 31.8. The van der Waals surface area contributed by atoms with Gasteiger partial charge in [-0.15, -0.1) is 21.5 Å². The second kappa shape index (κ2) is 12.7. The molecule has 7 rings (SSSR count). The lowest BCUT2D eigenvalue weighted by molar-refractivity contribution is 0.0639. The summed E-state index contributed by atoms with van der Waals surface area (Å²) in [6, 6.07) is 5.07. The van der Waals surface area contributed by atoms with Crippen LogP contribution in [0.5, 0.6) is 0 Å². The number of nitrogens with zero attached hydrogens (tertiary/aromatic N) is 5. The van der Waals surface area contributed by atoms with Crippen molar-refractivity contribution in [3.63, 3.8) is 0 Å². The van der Waals surface area contributed by atoms with Crippen molar-refractivity contribution in [2.24, 2.45) is 11.8 Å². The van der Waals surface area contributed by atoms with E-state index in [1.54, 1.807) is 19.3 Å². The number of hydrogen-bond acceptors (Lipinski definition) is 11. The highest BCUT2D eigenvalue weighted by molar-refractivity contribution is 7.92. The Bertz CT molecular complexity index is 2050. The summed E-state index contributed by atoms with van der Waals surface area (Å²) in [5, 5.41) is 12.8. The lowest BCUT2D eigenvalue weighted by Crippen LogP contribution is -2.17. The van der Waals surface area contributed by atoms with Gasteiger partial charge in [0, 0.05) is 48.9 Å². The quantitative estimate of drug-likeness (QED) is 0.169. The molecule has 0 aliphatic carbocycles. The van der Waals surface area contributed by atoms with Crippen LogP contribution in [-0.4, -0.2) is 52.5 Å². The first-order chi connectivity index (χ1) is 22.6. The molecule has 10 nitrogen and oxygen atoms in total. The maximum atomic E-state index is 14.1. The SMILES string of the molecule is Cc1nnc(-c2c(CCC3CCOCC3)nc3c(c2-c2cc4ccnc(N[C@H](C)c5cncc(F)c5)c4s2)S(=O)(=O)C[C@H]3C(C)C)o1. The zero-order chi connectivity index (χ0) is 32.9. The molecule has 1 fully saturated rings. The van der Waals surface area contributed by atoms with Crippen molar-refractivity contribution >= 4 is 37.1 Å². The van der Waals surface area contributed by atoms with E-state index < -0.39 is 15.7 Å². The summed E-state index contributed by atoms with van der Waals surface area (Å²) in [5.41, 5.74) is 3.23. The highest BCUT2D eigenvalue weighted by Gasteiger charge is 2.43. The Balaban J connectivity index is 1.42. The summed E-state index contributed by atoms with van der Waals surface area (Å²) >= 11 is 1.45. The molecular formula is C34H37FN6O4S2. The summed E-state index contributed by atoms with van der Waals surface area (Å²) in [4.78, 5) is 14.8. The highest BCUT2D eigenvalue weighted by Crippen LogP contribution is 2.51. The molecule has 1 saturated heterocycles. The topological polar surface area (TPSA) is 133 Å². The first-order valence-corrected chi connectivity index (χ1v) is 18.5. The van der Waals surface area contributed by atoms with Gasteiger partial charge in [0.15, 0.2) is 9.84 Å². The number of halogens is 1. The van der Waals surface area contributed by atoms with Crippen LogP contribution in [-0.2, 0) is 21.0 Å². The summed E-state index contributed by atoms with van der Waals surface area (Å²) in [7, 11) is -3.70. The molecule has 47 heavy (non-hydrogen) atoms. The Kier molecular flexibility index (Phi) is 8.56. The molecule has 5 aromatic heterocycles. The van der Waals surface area contributed by atoms with Gasteiger partial charge in [0.25, 0.3) is 0 Å². The number of hydrogen-bond donors (Lipinski definition) is 1. The van der Waals surface area contributed by atoms with E-state index in [0.717, 1.165) is 53.1 Å². The van der Waals surface area contributed by atoms with Crippen molar-refractivity contribution in [3.05, 3.63) is 65.4 Å². The van der Waals surface area contributed by atoms with E-state index in [2.05, 4.69) is 25.5 Å². The second-order valence-corrected chi connectivity index (χ2v) is 15.9. The third-order valence-corrected chi connectivity index (χ3v) is 12.3. The average Bonchev–Trinajstić information content (AvgIpc) is 3.75. The van der Waals surface area contributed by atoms with Crippen molar-refractivity contribution in [3.8, 4) is 21.9 Å². The molecule has 1 N–H and O–H groups in total. The van der Waals surface area contributed by atoms with Crippen molar-refractivity contribution in [2.75, 3.05) is 24.3 Å². The van der Waals surface area contributed by atoms with E-state index in [-0.39, 0.29) is 34.4 Å². The van der Waals surface area contributed by atoms with Crippen LogP contribution in [0, 0.1) is 24.6 Å². The highest BCUT2D eigenvalue weighted by atomic mass is 32.2. The van der Waals surface area contributed by atoms with Gasteiger partial charge in [0.1, 0.15) is 11.6 Å². The minimum atomic E-state index is -3.70. The maximum Gasteiger partial charge on any atom is 0.250 e. The van der Waals surface area contributed by atoms with E-state index in [9.17, 15) is 12.8 Å². The van der Waals surface area contributed by atoms with Crippen LogP contribution in [0.4, 0.5) is 10.2 Å². The summed E-state index contributed by atoms with van der Waals surface area (Å²) in [5.74, 6) is 1.18. The number of ether oxygens (including phenoxy) is 1. The van der Waals surface area contributed by atoms with E-state index in [0.29, 0.717) is 46.4 Å². The summed E-state index contributed by atoms with van der Waals surface area (Å²) < 4.78 is 54.6. The fraction of sp³-hybridized carbons (Fsp3) is 0.441. The van der Waals surface area contributed by atoms with E-state index >= 15 is 0 Å². The molecule has 0 bridgehead atoms. The monoisotopic (exact) mass is 676 g/mol. The van der Waals surface area contributed by atoms with Crippen LogP contribution in [0.2, 0.25) is 0 Å². The van der Waals surface area contributed by atoms with E-state index in [1.807, 2.05) is 32.9 Å². The number of aryl methyl sites for hydroxylation is 2. The molecular weight excluding hydrogens is 640 g/mol. The first-order valence-electron chi connectivity index (χ1n) is 16.0. The lowest BCUT2D eigenvalue weighted by atomic mass is 9.89. The smallest absolute Gasteiger partial charge is 0.250 e. The van der Waals surface area contributed by atoms with E-state index in [1.165, 1.54) is 23.6 Å². The van der Waals surface area contributed by atoms with Gasteiger partial charge in [0.2, 0.25) is 11.8 Å². The van der Waals surface area contributed by atoms with Gasteiger partial charge in [-0.05, 0) is 73.6 Å². The van der Waals surface area contributed by atoms with Crippen molar-refractivity contribution < 1.29 is 22.0 Å². The van der Waals surface area contributed by atoms with Gasteiger partial charge in [0.05, 0.1) is 44.5 Å². The predicted octanol–water partition coefficient (Wildman–Crippen LogP) is 7.31. The Morgan fingerprint density at radius 2 is 1.91 bits per heavy atom. The fourth-order valence-corrected chi connectivity index (χ4v) is 10.1. The molecule has 0 aromatic carbocycles. The summed E-state index contributed by atoms with van der Waals surface area (Å²) in [6.45, 7) is 9.23. The maximum absolute atomic E-state index is 14.1. The largest absolute Gasteiger partial charge is 0.421 e. The number of thiophene rings is 1. The van der Waals surface area contributed by atoms with Gasteiger partial charge in [-0.2, -0.15) is 0 Å². The molecule has 5 aromatic rings. The van der Waals surface area contributed by atoms with Crippen LogP contribution in [0.1, 0.15) is 74.8 Å². The fourth-order valence-electron chi connectivity index (χ4n) is 6.68. The lowest BCUT2D eigenvalue weighted by Gasteiger charge is -2.23. The molecule has 0 saturated carbocycles. The number of fused-ring (bicyclic) bond motifs is 2. The van der Waals surface area contributed by atoms with Gasteiger partial charge < -0.3 is 14.5 Å². The third-order valence-electron chi connectivity index (χ3n) is 9.25. The molecule has 0 radical (unpaired) electrons. The number of anilines is 1. The van der Waals surface area contributed by atoms with Gasteiger partial charge >= 0.3 is 0 Å². The standard InChI is InChI=1S/C34H37FN6O4S2/c1-18(2)25-17-47(42,43)32-29(27-14-22-7-10-37-33(31(22)46-27)38-19(3)23-13-24(35)16-36-15-23)28(34-41-40-20(4)45-34)26(39-30(25)32)6-5-21-8-11-44-12-9-21/h7,10,13-16,18-19,21,25H,5-6,8-9,11-12,17H2,1-4H3,(H,37,38)/t19-,25+/m1/s1. The van der Waals surface area contributed by atoms with E-state index in [4.69, 9.17) is 14.1 Å². The minimum absolute atomic E-state index is 0.00413. The average molecular weight is 677 g/mol. The number of sulfone groups is 1. The Hall–Kier alpha value is -3.81. The number of pyridine rings is 3. The molecule has 2 atom stereocenters. The van der Waals surface area contributed by atoms with Gasteiger partial charge in [-0.25, -0.2) is 17.8 Å². The normalized spacial score (nSPS) is 18.6. The molecule has 2 aliphatic heterocycles. The van der Waals surface area contributed by atoms with Crippen LogP contribution in [0.25, 0.3) is 32.0 Å². The molecule has 0 amide bonds. The molecule has 246 valence electrons. The number of rotatable bonds is 9. The molecule has 0 unspecified atom stereocenters. The van der Waals surface area contributed by atoms with Crippen molar-refractivity contribution in [1.29, 1.82) is 0 Å². The van der Waals surface area contributed by atoms with Crippen LogP contribution >= 0.6 is 11.3 Å². The van der Waals surface area contributed by atoms with Gasteiger partial charge in [-0.3, -0.25) is 9.97 Å². The molecule has 13 heteroatoms. The third kappa shape index (κ3) is 6.16. The zero-order valence-corrected chi connectivity index (χ0v) is 28.4. The predicted molar refractivity (Wildman–Crippen MR) is 179 cm³/mol. The molecule has 0 spiro atoms. The van der Waals surface area contributed by atoms with Crippen LogP contribution < -0.4 is 5.32 Å². The van der Waals surface area contributed by atoms with Crippen LogP contribution in [0.3, 0.4) is 0 Å². The summed E-state index contributed by atoms with van der Waals surface area (Å²) in [6.07, 6.45) is 8.01. The Morgan fingerprint density at radius 3 is 2.64 bits per heavy atom. The molecule has 2 aliphatic rings. The van der Waals surface area contributed by atoms with Crippen molar-refractivity contribution in [2.45, 2.75) is 70.2 Å². The minimum Gasteiger partial charge on any atom is -0.421 e. The Labute approximate surface area is 277 Å². The van der Waals surface area contributed by atoms with Crippen molar-refractivity contribution in [1.82, 2.24) is 25.1 Å². The second-order valence-electron chi connectivity index (χ2n) is 12.9. The zero-order valence-electron chi connectivity index (χ0n) is 26.8. The number of aromatic nitrogens is 5.